The lowest BCUT2D eigenvalue weighted by Gasteiger charge is -2.20. The van der Waals surface area contributed by atoms with Gasteiger partial charge in [0.15, 0.2) is 0 Å². The van der Waals surface area contributed by atoms with Crippen LogP contribution in [0.1, 0.15) is 0 Å². The lowest BCUT2D eigenvalue weighted by atomic mass is 9.90. The summed E-state index contributed by atoms with van der Waals surface area (Å²) in [6.07, 6.45) is 7.03. The second-order valence-corrected chi connectivity index (χ2v) is 3.27. The number of fused-ring (bicyclic) bond motifs is 1. The third-order valence-corrected chi connectivity index (χ3v) is 2.43. The van der Waals surface area contributed by atoms with Crippen LogP contribution in [-0.4, -0.2) is 23.7 Å². The van der Waals surface area contributed by atoms with E-state index in [1.807, 2.05) is 18.2 Å². The monoisotopic (exact) mass is 193 g/mol. The molecule has 1 heterocycles. The first kappa shape index (κ1) is 9.02. The van der Waals surface area contributed by atoms with Gasteiger partial charge in [-0.1, -0.05) is 12.2 Å². The number of rotatable bonds is 2. The number of ether oxygens (including phenoxy) is 1. The maximum absolute atomic E-state index is 10.7. The molecule has 4 heteroatoms. The fourth-order valence-corrected chi connectivity index (χ4v) is 1.72. The van der Waals surface area contributed by atoms with Crippen LogP contribution in [0.25, 0.3) is 0 Å². The number of aliphatic carboxylic acids is 1. The van der Waals surface area contributed by atoms with E-state index in [1.165, 1.54) is 0 Å². The summed E-state index contributed by atoms with van der Waals surface area (Å²) < 4.78 is 5.24. The SMILES string of the molecule is NCC1=CC=CC2OC(C(=O)O)=CC12. The predicted octanol–water partition coefficient (Wildman–Crippen LogP) is 0.425. The molecule has 0 fully saturated rings. The van der Waals surface area contributed by atoms with E-state index in [9.17, 15) is 4.79 Å². The molecule has 3 N–H and O–H groups in total. The molecule has 0 radical (unpaired) electrons. The summed E-state index contributed by atoms with van der Waals surface area (Å²) in [7, 11) is 0. The molecule has 0 amide bonds. The predicted molar refractivity (Wildman–Crippen MR) is 50.4 cm³/mol. The molecule has 0 saturated carbocycles. The summed E-state index contributed by atoms with van der Waals surface area (Å²) in [5, 5.41) is 8.75. The summed E-state index contributed by atoms with van der Waals surface area (Å²) in [6.45, 7) is 0.429. The highest BCUT2D eigenvalue weighted by Crippen LogP contribution is 2.32. The van der Waals surface area contributed by atoms with Crippen LogP contribution >= 0.6 is 0 Å². The largest absolute Gasteiger partial charge is 0.478 e. The van der Waals surface area contributed by atoms with E-state index in [0.717, 1.165) is 5.57 Å². The highest BCUT2D eigenvalue weighted by Gasteiger charge is 2.33. The van der Waals surface area contributed by atoms with Crippen LogP contribution in [0, 0.1) is 5.92 Å². The van der Waals surface area contributed by atoms with E-state index in [2.05, 4.69) is 0 Å². The molecule has 4 nitrogen and oxygen atoms in total. The fourth-order valence-electron chi connectivity index (χ4n) is 1.72. The highest BCUT2D eigenvalue weighted by molar-refractivity contribution is 5.85. The second-order valence-electron chi connectivity index (χ2n) is 3.27. The van der Waals surface area contributed by atoms with Crippen molar-refractivity contribution in [2.75, 3.05) is 6.54 Å². The van der Waals surface area contributed by atoms with Gasteiger partial charge >= 0.3 is 5.97 Å². The van der Waals surface area contributed by atoms with Crippen LogP contribution in [0.4, 0.5) is 0 Å². The van der Waals surface area contributed by atoms with Gasteiger partial charge in [0, 0.05) is 12.5 Å². The van der Waals surface area contributed by atoms with Gasteiger partial charge in [-0.3, -0.25) is 0 Å². The van der Waals surface area contributed by atoms with E-state index in [0.29, 0.717) is 6.54 Å². The first-order chi connectivity index (χ1) is 6.72. The number of hydrogen-bond acceptors (Lipinski definition) is 3. The van der Waals surface area contributed by atoms with E-state index in [1.54, 1.807) is 6.08 Å². The normalized spacial score (nSPS) is 28.9. The maximum Gasteiger partial charge on any atom is 0.370 e. The van der Waals surface area contributed by atoms with Crippen LogP contribution in [0.3, 0.4) is 0 Å². The van der Waals surface area contributed by atoms with E-state index in [4.69, 9.17) is 15.6 Å². The highest BCUT2D eigenvalue weighted by atomic mass is 16.5. The topological polar surface area (TPSA) is 72.5 Å². The molecule has 2 rings (SSSR count). The van der Waals surface area contributed by atoms with E-state index in [-0.39, 0.29) is 17.8 Å². The lowest BCUT2D eigenvalue weighted by molar-refractivity contribution is -0.136. The summed E-state index contributed by atoms with van der Waals surface area (Å²) in [5.74, 6) is -1.01. The first-order valence-electron chi connectivity index (χ1n) is 4.41. The molecule has 14 heavy (non-hydrogen) atoms. The minimum absolute atomic E-state index is 0.00361. The van der Waals surface area contributed by atoms with Crippen molar-refractivity contribution in [1.29, 1.82) is 0 Å². The molecule has 1 aliphatic heterocycles. The summed E-state index contributed by atoms with van der Waals surface area (Å²) in [6, 6.07) is 0. The van der Waals surface area contributed by atoms with Gasteiger partial charge in [0.1, 0.15) is 6.10 Å². The minimum atomic E-state index is -1.02. The van der Waals surface area contributed by atoms with Gasteiger partial charge in [-0.15, -0.1) is 0 Å². The molecule has 2 atom stereocenters. The Morgan fingerprint density at radius 1 is 1.64 bits per heavy atom. The zero-order valence-electron chi connectivity index (χ0n) is 7.51. The summed E-state index contributed by atoms with van der Waals surface area (Å²) in [5.41, 5.74) is 6.55. The zero-order valence-corrected chi connectivity index (χ0v) is 7.51. The van der Waals surface area contributed by atoms with Gasteiger partial charge < -0.3 is 15.6 Å². The van der Waals surface area contributed by atoms with Crippen LogP contribution in [0.15, 0.2) is 35.6 Å². The van der Waals surface area contributed by atoms with Gasteiger partial charge in [-0.2, -0.15) is 0 Å². The summed E-state index contributed by atoms with van der Waals surface area (Å²) in [4.78, 5) is 10.7. The molecular weight excluding hydrogens is 182 g/mol. The first-order valence-corrected chi connectivity index (χ1v) is 4.41. The smallest absolute Gasteiger partial charge is 0.370 e. The van der Waals surface area contributed by atoms with Gasteiger partial charge in [0.2, 0.25) is 5.76 Å². The number of nitrogens with two attached hydrogens (primary N) is 1. The van der Waals surface area contributed by atoms with Crippen molar-refractivity contribution in [1.82, 2.24) is 0 Å². The Bertz CT molecular complexity index is 354. The summed E-state index contributed by atoms with van der Waals surface area (Å²) >= 11 is 0. The van der Waals surface area contributed by atoms with E-state index >= 15 is 0 Å². The molecule has 0 spiro atoms. The molecule has 2 aliphatic rings. The Kier molecular flexibility index (Phi) is 2.13. The molecule has 2 unspecified atom stereocenters. The number of hydrogen-bond donors (Lipinski definition) is 2. The fraction of sp³-hybridized carbons (Fsp3) is 0.300. The Hall–Kier alpha value is -1.55. The van der Waals surface area contributed by atoms with Crippen LogP contribution in [0.2, 0.25) is 0 Å². The Morgan fingerprint density at radius 2 is 2.43 bits per heavy atom. The van der Waals surface area contributed by atoms with Crippen molar-refractivity contribution in [2.24, 2.45) is 11.7 Å². The quantitative estimate of drug-likeness (QED) is 0.666. The minimum Gasteiger partial charge on any atom is -0.478 e. The Balaban J connectivity index is 2.26. The Labute approximate surface area is 81.4 Å². The number of carboxylic acids is 1. The number of carboxylic acid groups (broad SMARTS) is 1. The molecule has 0 saturated heterocycles. The van der Waals surface area contributed by atoms with Gasteiger partial charge in [0.25, 0.3) is 0 Å². The van der Waals surface area contributed by atoms with Gasteiger partial charge in [-0.05, 0) is 17.7 Å². The zero-order chi connectivity index (χ0) is 10.1. The average Bonchev–Trinajstić information content (AvgIpc) is 2.60. The maximum atomic E-state index is 10.7. The molecule has 0 bridgehead atoms. The van der Waals surface area contributed by atoms with Crippen molar-refractivity contribution >= 4 is 5.97 Å². The molecule has 1 aliphatic carbocycles. The number of allylic oxidation sites excluding steroid dienone is 2. The number of carbonyl (C=O) groups is 1. The van der Waals surface area contributed by atoms with Crippen molar-refractivity contribution in [3.8, 4) is 0 Å². The third kappa shape index (κ3) is 1.33. The molecule has 74 valence electrons. The van der Waals surface area contributed by atoms with Crippen molar-refractivity contribution in [3.63, 3.8) is 0 Å². The van der Waals surface area contributed by atoms with Crippen LogP contribution in [-0.2, 0) is 9.53 Å². The molecule has 0 aromatic carbocycles. The van der Waals surface area contributed by atoms with Crippen LogP contribution < -0.4 is 5.73 Å². The second kappa shape index (κ2) is 3.31. The molecular formula is C10H11NO3. The standard InChI is InChI=1S/C10H11NO3/c11-5-6-2-1-3-8-7(6)4-9(14-8)10(12)13/h1-4,7-8H,5,11H2,(H,12,13). The van der Waals surface area contributed by atoms with Gasteiger partial charge in [0.05, 0.1) is 0 Å². The van der Waals surface area contributed by atoms with Crippen molar-refractivity contribution in [3.05, 3.63) is 35.6 Å². The Morgan fingerprint density at radius 3 is 3.07 bits per heavy atom. The molecule has 0 aromatic heterocycles. The lowest BCUT2D eigenvalue weighted by Crippen LogP contribution is -2.22. The van der Waals surface area contributed by atoms with Crippen molar-refractivity contribution < 1.29 is 14.6 Å². The average molecular weight is 193 g/mol. The third-order valence-electron chi connectivity index (χ3n) is 2.43. The van der Waals surface area contributed by atoms with Crippen LogP contribution in [0.5, 0.6) is 0 Å². The van der Waals surface area contributed by atoms with Gasteiger partial charge in [-0.25, -0.2) is 4.79 Å². The van der Waals surface area contributed by atoms with E-state index < -0.39 is 5.97 Å². The molecule has 0 aromatic rings. The van der Waals surface area contributed by atoms with Crippen molar-refractivity contribution in [2.45, 2.75) is 6.10 Å².